The van der Waals surface area contributed by atoms with E-state index in [-0.39, 0.29) is 10.8 Å². The van der Waals surface area contributed by atoms with E-state index in [9.17, 15) is 0 Å². The van der Waals surface area contributed by atoms with Crippen LogP contribution < -0.4 is 9.47 Å². The molecule has 3 aromatic rings. The molecule has 0 saturated carbocycles. The van der Waals surface area contributed by atoms with Crippen molar-refractivity contribution in [2.24, 2.45) is 10.8 Å². The zero-order valence-corrected chi connectivity index (χ0v) is 32.0. The van der Waals surface area contributed by atoms with Crippen LogP contribution in [-0.4, -0.2) is 21.0 Å². The molecule has 0 fully saturated rings. The summed E-state index contributed by atoms with van der Waals surface area (Å²) in [6, 6.07) is 17.9. The summed E-state index contributed by atoms with van der Waals surface area (Å²) in [4.78, 5) is 3.93. The monoisotopic (exact) mass is 709 g/mol. The van der Waals surface area contributed by atoms with E-state index in [1.54, 1.807) is 0 Å². The summed E-state index contributed by atoms with van der Waals surface area (Å²) in [5, 5.41) is 1.38. The Hall–Kier alpha value is -2.78. The molecular weight excluding hydrogens is 656 g/mol. The van der Waals surface area contributed by atoms with E-state index in [0.717, 1.165) is 38.8 Å². The quantitative estimate of drug-likeness (QED) is 0.153. The molecule has 246 valence electrons. The maximum absolute atomic E-state index is 2.61. The number of hydrogen-bond acceptors (Lipinski definition) is 2. The Morgan fingerprint density at radius 1 is 0.809 bits per heavy atom. The van der Waals surface area contributed by atoms with E-state index in [2.05, 4.69) is 142 Å². The number of para-hydroxylation sites is 2. The molecule has 0 radical (unpaired) electrons. The molecule has 0 amide bonds. The number of fused-ring (bicyclic) bond motifs is 2. The number of hydrogen-bond donors (Lipinski definition) is 0. The van der Waals surface area contributed by atoms with Crippen molar-refractivity contribution in [1.29, 1.82) is 0 Å². The minimum Gasteiger partial charge on any atom is -0.0698 e. The smallest absolute Gasteiger partial charge is 0.0698 e. The molecule has 0 atom stereocenters. The Bertz CT molecular complexity index is 1790. The zero-order chi connectivity index (χ0) is 33.0. The molecule has 2 heterocycles. The number of benzene rings is 2. The van der Waals surface area contributed by atoms with E-state index in [1.165, 1.54) is 77.9 Å². The van der Waals surface area contributed by atoms with Crippen molar-refractivity contribution < 1.29 is 4.57 Å². The van der Waals surface area contributed by atoms with Gasteiger partial charge in [-0.2, -0.15) is 0 Å². The van der Waals surface area contributed by atoms with Gasteiger partial charge in [-0.1, -0.05) is 37.2 Å². The SMILES string of the molecule is CCCCN1/C(=C/C2=CC(=C/C=C/C3=CC(=C/c4[se]c5ccccc5[n+]4CCCC)/CC(C)(C)C3)/CC(C)(C)C2)Sc2ccccc21. The van der Waals surface area contributed by atoms with Gasteiger partial charge in [0.25, 0.3) is 0 Å². The third-order valence-corrected chi connectivity index (χ3v) is 12.9. The van der Waals surface area contributed by atoms with Gasteiger partial charge in [-0.3, -0.25) is 0 Å². The Labute approximate surface area is 294 Å². The summed E-state index contributed by atoms with van der Waals surface area (Å²) in [6.45, 7) is 16.5. The van der Waals surface area contributed by atoms with Crippen molar-refractivity contribution >= 4 is 47.8 Å². The fourth-order valence-corrected chi connectivity index (χ4v) is 11.1. The molecule has 47 heavy (non-hydrogen) atoms. The van der Waals surface area contributed by atoms with Crippen molar-refractivity contribution in [3.63, 3.8) is 0 Å². The van der Waals surface area contributed by atoms with Gasteiger partial charge in [-0.05, 0) is 18.6 Å². The van der Waals surface area contributed by atoms with E-state index >= 15 is 0 Å². The van der Waals surface area contributed by atoms with Gasteiger partial charge in [0.1, 0.15) is 0 Å². The van der Waals surface area contributed by atoms with Crippen molar-refractivity contribution in [2.45, 2.75) is 104 Å². The van der Waals surface area contributed by atoms with E-state index in [4.69, 9.17) is 0 Å². The molecule has 2 aromatic carbocycles. The predicted octanol–water partition coefficient (Wildman–Crippen LogP) is 11.6. The van der Waals surface area contributed by atoms with Crippen molar-refractivity contribution in [2.75, 3.05) is 11.4 Å². The summed E-state index contributed by atoms with van der Waals surface area (Å²) in [5.41, 5.74) is 9.11. The van der Waals surface area contributed by atoms with Crippen LogP contribution in [0.25, 0.3) is 15.9 Å². The molecule has 0 saturated heterocycles. The summed E-state index contributed by atoms with van der Waals surface area (Å²) in [5.74, 6) is 0. The molecule has 3 aliphatic rings. The Kier molecular flexibility index (Phi) is 10.7. The van der Waals surface area contributed by atoms with E-state index in [0.29, 0.717) is 14.5 Å². The number of allylic oxidation sites excluding steroid dienone is 10. The minimum absolute atomic E-state index is 0.245. The molecule has 6 rings (SSSR count). The molecule has 0 unspecified atom stereocenters. The van der Waals surface area contributed by atoms with Gasteiger partial charge < -0.3 is 4.90 Å². The molecule has 0 N–H and O–H groups in total. The Morgan fingerprint density at radius 2 is 1.51 bits per heavy atom. The Morgan fingerprint density at radius 3 is 2.32 bits per heavy atom. The molecule has 2 aliphatic carbocycles. The zero-order valence-electron chi connectivity index (χ0n) is 29.4. The van der Waals surface area contributed by atoms with Gasteiger partial charge in [0.05, 0.1) is 10.7 Å². The summed E-state index contributed by atoms with van der Waals surface area (Å²) in [7, 11) is 0. The van der Waals surface area contributed by atoms with Crippen LogP contribution in [0.5, 0.6) is 0 Å². The number of nitrogens with zero attached hydrogens (tertiary/aromatic N) is 2. The van der Waals surface area contributed by atoms with Gasteiger partial charge in [0.15, 0.2) is 0 Å². The molecule has 0 bridgehead atoms. The van der Waals surface area contributed by atoms with Gasteiger partial charge in [0.2, 0.25) is 0 Å². The fraction of sp³-hybridized carbons (Fsp3) is 0.419. The summed E-state index contributed by atoms with van der Waals surface area (Å²) in [6.07, 6.45) is 26.4. The first kappa shape index (κ1) is 34.1. The fourth-order valence-electron chi connectivity index (χ4n) is 7.44. The predicted molar refractivity (Wildman–Crippen MR) is 206 cm³/mol. The molecule has 0 spiro atoms. The van der Waals surface area contributed by atoms with Crippen LogP contribution in [-0.2, 0) is 6.54 Å². The van der Waals surface area contributed by atoms with Gasteiger partial charge in [0, 0.05) is 11.4 Å². The normalized spacial score (nSPS) is 21.7. The summed E-state index contributed by atoms with van der Waals surface area (Å²) < 4.78 is 5.66. The molecular formula is C43H53N2SSe+. The van der Waals surface area contributed by atoms with Crippen LogP contribution in [0.3, 0.4) is 0 Å². The standard InChI is InChI=1S/C43H53N2SSe/c1-7-9-22-44-36-18-11-13-20-38(36)46-40(44)26-34-24-32(28-42(3,4)30-34)16-15-17-33-25-35(31-43(5,6)29-33)27-41-45(23-10-8-2)37-19-12-14-21-39(37)47-41/h11-21,24-27H,7-10,22-23,28-31H2,1-6H3/q+1. The first-order chi connectivity index (χ1) is 22.6. The maximum atomic E-state index is 2.61. The van der Waals surface area contributed by atoms with Crippen molar-refractivity contribution in [3.05, 3.63) is 117 Å². The number of thioether (sulfide) groups is 1. The second-order valence-corrected chi connectivity index (χ2v) is 18.6. The van der Waals surface area contributed by atoms with E-state index in [1.807, 2.05) is 11.8 Å². The molecule has 2 nitrogen and oxygen atoms in total. The van der Waals surface area contributed by atoms with Crippen LogP contribution in [0.4, 0.5) is 5.69 Å². The van der Waals surface area contributed by atoms with Crippen LogP contribution >= 0.6 is 11.8 Å². The number of rotatable bonds is 10. The summed E-state index contributed by atoms with van der Waals surface area (Å²) >= 11 is 2.30. The Balaban J connectivity index is 1.26. The topological polar surface area (TPSA) is 7.12 Å². The van der Waals surface area contributed by atoms with Crippen LogP contribution in [0.1, 0.15) is 97.5 Å². The number of aromatic nitrogens is 1. The number of unbranched alkanes of at least 4 members (excludes halogenated alkanes) is 2. The van der Waals surface area contributed by atoms with Crippen LogP contribution in [0.15, 0.2) is 117 Å². The third-order valence-electron chi connectivity index (χ3n) is 9.45. The van der Waals surface area contributed by atoms with Gasteiger partial charge >= 0.3 is 213 Å². The second kappa shape index (κ2) is 14.8. The van der Waals surface area contributed by atoms with E-state index < -0.39 is 0 Å². The third kappa shape index (κ3) is 8.45. The average molecular weight is 709 g/mol. The minimum atomic E-state index is 0.245. The van der Waals surface area contributed by atoms with Crippen molar-refractivity contribution in [3.8, 4) is 0 Å². The van der Waals surface area contributed by atoms with Gasteiger partial charge in [-0.25, -0.2) is 0 Å². The molecule has 1 aliphatic heterocycles. The second-order valence-electron chi connectivity index (χ2n) is 15.3. The molecule has 4 heteroatoms. The van der Waals surface area contributed by atoms with Gasteiger partial charge in [-0.15, -0.1) is 0 Å². The molecule has 1 aromatic heterocycles. The first-order valence-electron chi connectivity index (χ1n) is 17.8. The number of aryl methyl sites for hydroxylation is 1. The first-order valence-corrected chi connectivity index (χ1v) is 20.3. The van der Waals surface area contributed by atoms with Crippen molar-refractivity contribution in [1.82, 2.24) is 0 Å². The number of anilines is 1. The van der Waals surface area contributed by atoms with Crippen LogP contribution in [0, 0.1) is 10.8 Å². The average Bonchev–Trinajstić information content (AvgIpc) is 3.54. The van der Waals surface area contributed by atoms with Crippen LogP contribution in [0.2, 0.25) is 0 Å².